The predicted octanol–water partition coefficient (Wildman–Crippen LogP) is 3.62. The molecule has 1 saturated heterocycles. The minimum Gasteiger partial charge on any atom is -0.493 e. The number of esters is 1. The van der Waals surface area contributed by atoms with Gasteiger partial charge in [0.15, 0.2) is 11.5 Å². The number of amides is 1. The van der Waals surface area contributed by atoms with E-state index in [9.17, 15) is 19.5 Å². The highest BCUT2D eigenvalue weighted by Gasteiger charge is 2.58. The highest BCUT2D eigenvalue weighted by molar-refractivity contribution is 6.00. The standard InChI is InChI=1S/C25H29NO7/c1-6-33-23(28)18-14-25(3,24(29)30)26(21(18)16-9-7-15(2)8-10-16)22(27)17-11-12-19(31-4)20(13-17)32-5/h7-13,18,21H,6,14H2,1-5H3,(H,29,30). The molecule has 3 atom stereocenters. The molecule has 1 N–H and O–H groups in total. The Labute approximate surface area is 193 Å². The summed E-state index contributed by atoms with van der Waals surface area (Å²) >= 11 is 0. The minimum atomic E-state index is -1.63. The van der Waals surface area contributed by atoms with Crippen LogP contribution in [0.3, 0.4) is 0 Å². The Hall–Kier alpha value is -3.55. The van der Waals surface area contributed by atoms with E-state index in [1.54, 1.807) is 19.1 Å². The number of carboxylic acid groups (broad SMARTS) is 1. The summed E-state index contributed by atoms with van der Waals surface area (Å²) in [6, 6.07) is 11.2. The second-order valence-electron chi connectivity index (χ2n) is 8.24. The molecule has 0 spiro atoms. The van der Waals surface area contributed by atoms with Gasteiger partial charge in [-0.05, 0) is 51.0 Å². The van der Waals surface area contributed by atoms with Gasteiger partial charge in [0.1, 0.15) is 5.54 Å². The molecule has 0 saturated carbocycles. The fourth-order valence-electron chi connectivity index (χ4n) is 4.38. The number of methoxy groups -OCH3 is 2. The Balaban J connectivity index is 2.18. The third-order valence-corrected chi connectivity index (χ3v) is 6.13. The predicted molar refractivity (Wildman–Crippen MR) is 120 cm³/mol. The van der Waals surface area contributed by atoms with Crippen LogP contribution in [-0.2, 0) is 14.3 Å². The second kappa shape index (κ2) is 9.52. The van der Waals surface area contributed by atoms with Crippen molar-refractivity contribution in [3.05, 3.63) is 59.2 Å². The molecule has 3 rings (SSSR count). The number of benzene rings is 2. The molecule has 0 aliphatic carbocycles. The number of carbonyl (C=O) groups excluding carboxylic acids is 2. The van der Waals surface area contributed by atoms with Gasteiger partial charge in [-0.2, -0.15) is 0 Å². The molecule has 2 aromatic carbocycles. The largest absolute Gasteiger partial charge is 0.493 e. The van der Waals surface area contributed by atoms with Crippen molar-refractivity contribution in [2.24, 2.45) is 5.92 Å². The van der Waals surface area contributed by atoms with Crippen LogP contribution in [0.1, 0.15) is 47.8 Å². The number of nitrogens with zero attached hydrogens (tertiary/aromatic N) is 1. The van der Waals surface area contributed by atoms with Gasteiger partial charge in [-0.25, -0.2) is 4.79 Å². The van der Waals surface area contributed by atoms with Crippen LogP contribution in [0, 0.1) is 12.8 Å². The van der Waals surface area contributed by atoms with Crippen LogP contribution < -0.4 is 9.47 Å². The van der Waals surface area contributed by atoms with E-state index in [0.717, 1.165) is 5.56 Å². The van der Waals surface area contributed by atoms with Crippen LogP contribution in [0.15, 0.2) is 42.5 Å². The molecule has 8 nitrogen and oxygen atoms in total. The molecule has 33 heavy (non-hydrogen) atoms. The number of carboxylic acids is 1. The van der Waals surface area contributed by atoms with Gasteiger partial charge < -0.3 is 24.2 Å². The molecule has 0 bridgehead atoms. The monoisotopic (exact) mass is 455 g/mol. The third kappa shape index (κ3) is 4.37. The Kier molecular flexibility index (Phi) is 6.95. The number of carbonyl (C=O) groups is 3. The molecule has 0 aromatic heterocycles. The first-order valence-corrected chi connectivity index (χ1v) is 10.7. The maximum absolute atomic E-state index is 13.8. The SMILES string of the molecule is CCOC(=O)C1CC(C)(C(=O)O)N(C(=O)c2ccc(OC)c(OC)c2)C1c1ccc(C)cc1. The summed E-state index contributed by atoms with van der Waals surface area (Å²) in [4.78, 5) is 40.5. The van der Waals surface area contributed by atoms with Crippen LogP contribution in [0.4, 0.5) is 0 Å². The molecule has 176 valence electrons. The summed E-state index contributed by atoms with van der Waals surface area (Å²) in [5.41, 5.74) is 0.263. The highest BCUT2D eigenvalue weighted by atomic mass is 16.5. The summed E-state index contributed by atoms with van der Waals surface area (Å²) in [6.45, 7) is 5.24. The Morgan fingerprint density at radius 3 is 2.24 bits per heavy atom. The van der Waals surface area contributed by atoms with Gasteiger partial charge in [-0.3, -0.25) is 9.59 Å². The van der Waals surface area contributed by atoms with E-state index in [-0.39, 0.29) is 18.6 Å². The minimum absolute atomic E-state index is 0.0707. The number of hydrogen-bond acceptors (Lipinski definition) is 6. The zero-order valence-electron chi connectivity index (χ0n) is 19.5. The molecule has 8 heteroatoms. The van der Waals surface area contributed by atoms with Crippen molar-refractivity contribution in [2.45, 2.75) is 38.8 Å². The zero-order valence-corrected chi connectivity index (χ0v) is 19.5. The molecule has 1 heterocycles. The van der Waals surface area contributed by atoms with Gasteiger partial charge >= 0.3 is 11.9 Å². The van der Waals surface area contributed by atoms with Crippen LogP contribution >= 0.6 is 0 Å². The average molecular weight is 456 g/mol. The summed E-state index contributed by atoms with van der Waals surface area (Å²) in [5.74, 6) is -2.31. The molecule has 3 unspecified atom stereocenters. The summed E-state index contributed by atoms with van der Waals surface area (Å²) in [7, 11) is 2.94. The normalized spacial score (nSPS) is 22.0. The lowest BCUT2D eigenvalue weighted by atomic mass is 9.90. The van der Waals surface area contributed by atoms with Gasteiger partial charge in [0, 0.05) is 5.56 Å². The molecule has 0 radical (unpaired) electrons. The Morgan fingerprint density at radius 1 is 1.06 bits per heavy atom. The number of rotatable bonds is 7. The molecule has 2 aromatic rings. The smallest absolute Gasteiger partial charge is 0.329 e. The fourth-order valence-corrected chi connectivity index (χ4v) is 4.38. The quantitative estimate of drug-likeness (QED) is 0.636. The first-order valence-electron chi connectivity index (χ1n) is 10.7. The van der Waals surface area contributed by atoms with Gasteiger partial charge in [-0.1, -0.05) is 29.8 Å². The van der Waals surface area contributed by atoms with Crippen molar-refractivity contribution in [3.8, 4) is 11.5 Å². The van der Waals surface area contributed by atoms with Crippen molar-refractivity contribution >= 4 is 17.8 Å². The van der Waals surface area contributed by atoms with E-state index in [4.69, 9.17) is 14.2 Å². The van der Waals surface area contributed by atoms with Crippen LogP contribution in [-0.4, -0.2) is 54.2 Å². The summed E-state index contributed by atoms with van der Waals surface area (Å²) < 4.78 is 15.8. The number of aryl methyl sites for hydroxylation is 1. The molecule has 1 amide bonds. The molecule has 1 aliphatic heterocycles. The Morgan fingerprint density at radius 2 is 1.70 bits per heavy atom. The van der Waals surface area contributed by atoms with Gasteiger partial charge in [0.05, 0.1) is 32.8 Å². The second-order valence-corrected chi connectivity index (χ2v) is 8.24. The first-order chi connectivity index (χ1) is 15.7. The van der Waals surface area contributed by atoms with E-state index in [1.807, 2.05) is 31.2 Å². The van der Waals surface area contributed by atoms with Crippen molar-refractivity contribution in [2.75, 3.05) is 20.8 Å². The lowest BCUT2D eigenvalue weighted by Crippen LogP contribution is -2.51. The molecule has 1 fully saturated rings. The van der Waals surface area contributed by atoms with Crippen LogP contribution in [0.5, 0.6) is 11.5 Å². The fraction of sp³-hybridized carbons (Fsp3) is 0.400. The van der Waals surface area contributed by atoms with Crippen LogP contribution in [0.25, 0.3) is 0 Å². The number of hydrogen-bond donors (Lipinski definition) is 1. The molecular formula is C25H29NO7. The van der Waals surface area contributed by atoms with Crippen molar-refractivity contribution in [1.29, 1.82) is 0 Å². The Bertz CT molecular complexity index is 1050. The van der Waals surface area contributed by atoms with E-state index >= 15 is 0 Å². The van der Waals surface area contributed by atoms with E-state index in [1.165, 1.54) is 32.1 Å². The maximum Gasteiger partial charge on any atom is 0.329 e. The number of likely N-dealkylation sites (tertiary alicyclic amines) is 1. The molecule has 1 aliphatic rings. The topological polar surface area (TPSA) is 102 Å². The van der Waals surface area contributed by atoms with Crippen molar-refractivity contribution < 1.29 is 33.7 Å². The summed E-state index contributed by atoms with van der Waals surface area (Å²) in [5, 5.41) is 10.2. The average Bonchev–Trinajstić information content (AvgIpc) is 3.13. The van der Waals surface area contributed by atoms with Crippen molar-refractivity contribution in [3.63, 3.8) is 0 Å². The first kappa shape index (κ1) is 24.1. The lowest BCUT2D eigenvalue weighted by molar-refractivity contribution is -0.148. The highest BCUT2D eigenvalue weighted by Crippen LogP contribution is 2.48. The van der Waals surface area contributed by atoms with Gasteiger partial charge in [0.2, 0.25) is 0 Å². The number of aliphatic carboxylic acids is 1. The number of ether oxygens (including phenoxy) is 3. The van der Waals surface area contributed by atoms with Gasteiger partial charge in [0.25, 0.3) is 5.91 Å². The van der Waals surface area contributed by atoms with Crippen LogP contribution in [0.2, 0.25) is 0 Å². The van der Waals surface area contributed by atoms with E-state index in [0.29, 0.717) is 17.1 Å². The van der Waals surface area contributed by atoms with E-state index < -0.39 is 35.3 Å². The van der Waals surface area contributed by atoms with E-state index in [2.05, 4.69) is 0 Å². The summed E-state index contributed by atoms with van der Waals surface area (Å²) in [6.07, 6.45) is -0.0707. The van der Waals surface area contributed by atoms with Gasteiger partial charge in [-0.15, -0.1) is 0 Å². The lowest BCUT2D eigenvalue weighted by Gasteiger charge is -2.36. The zero-order chi connectivity index (χ0) is 24.3. The van der Waals surface area contributed by atoms with Crippen molar-refractivity contribution in [1.82, 2.24) is 4.90 Å². The third-order valence-electron chi connectivity index (χ3n) is 6.13. The maximum atomic E-state index is 13.8. The molecular weight excluding hydrogens is 426 g/mol.